The molecule has 23 heavy (non-hydrogen) atoms. The van der Waals surface area contributed by atoms with E-state index in [1.54, 1.807) is 21.3 Å². The number of ether oxygens (including phenoxy) is 3. The lowest BCUT2D eigenvalue weighted by Crippen LogP contribution is -1.92. The first-order chi connectivity index (χ1) is 11.2. The summed E-state index contributed by atoms with van der Waals surface area (Å²) in [6.45, 7) is 1.95. The molecule has 0 unspecified atom stereocenters. The summed E-state index contributed by atoms with van der Waals surface area (Å²) in [5, 5.41) is 2.04. The van der Waals surface area contributed by atoms with Gasteiger partial charge in [0, 0.05) is 11.5 Å². The number of hydrogen-bond donors (Lipinski definition) is 0. The normalized spacial score (nSPS) is 10.6. The van der Waals surface area contributed by atoms with Crippen LogP contribution in [0.15, 0.2) is 46.9 Å². The highest BCUT2D eigenvalue weighted by Gasteiger charge is 2.19. The SMILES string of the molecule is COc1ccc(-c2cc3cc(OC)c(OC)cc3c(C)[o+]2)cc1. The standard InChI is InChI=1S/C19H19O4/c1-12-16-11-19(22-4)18(21-3)10-14(16)9-17(23-12)13-5-7-15(20-2)8-6-13/h5-11H,1-4H3/q+1. The molecule has 0 radical (unpaired) electrons. The quantitative estimate of drug-likeness (QED) is 0.654. The third kappa shape index (κ3) is 2.80. The van der Waals surface area contributed by atoms with Crippen molar-refractivity contribution in [3.05, 3.63) is 48.2 Å². The fourth-order valence-electron chi connectivity index (χ4n) is 2.61. The molecule has 3 aromatic rings. The minimum atomic E-state index is 0.690. The summed E-state index contributed by atoms with van der Waals surface area (Å²) in [5.74, 6) is 3.83. The number of fused-ring (bicyclic) bond motifs is 1. The summed E-state index contributed by atoms with van der Waals surface area (Å²) in [4.78, 5) is 0. The maximum Gasteiger partial charge on any atom is 0.360 e. The van der Waals surface area contributed by atoms with Gasteiger partial charge in [0.1, 0.15) is 5.75 Å². The van der Waals surface area contributed by atoms with Crippen molar-refractivity contribution in [2.75, 3.05) is 21.3 Å². The molecule has 1 heterocycles. The summed E-state index contributed by atoms with van der Waals surface area (Å²) in [6.07, 6.45) is 0. The Balaban J connectivity index is 2.15. The molecule has 0 aliphatic heterocycles. The largest absolute Gasteiger partial charge is 0.497 e. The predicted molar refractivity (Wildman–Crippen MR) is 90.5 cm³/mol. The zero-order valence-corrected chi connectivity index (χ0v) is 13.7. The molecule has 0 bridgehead atoms. The van der Waals surface area contributed by atoms with Gasteiger partial charge in [-0.15, -0.1) is 0 Å². The van der Waals surface area contributed by atoms with Gasteiger partial charge in [-0.25, -0.2) is 4.42 Å². The van der Waals surface area contributed by atoms with Crippen LogP contribution in [0.1, 0.15) is 5.76 Å². The van der Waals surface area contributed by atoms with Crippen LogP contribution in [0.4, 0.5) is 0 Å². The first kappa shape index (κ1) is 15.2. The third-order valence-electron chi connectivity index (χ3n) is 3.86. The van der Waals surface area contributed by atoms with Crippen LogP contribution in [0, 0.1) is 6.92 Å². The van der Waals surface area contributed by atoms with E-state index in [0.717, 1.165) is 33.6 Å². The number of aryl methyl sites for hydroxylation is 1. The number of hydrogen-bond acceptors (Lipinski definition) is 3. The van der Waals surface area contributed by atoms with Crippen molar-refractivity contribution in [1.82, 2.24) is 0 Å². The van der Waals surface area contributed by atoms with Crippen molar-refractivity contribution in [2.45, 2.75) is 6.92 Å². The second-order valence-electron chi connectivity index (χ2n) is 5.19. The Morgan fingerprint density at radius 2 is 1.43 bits per heavy atom. The van der Waals surface area contributed by atoms with Crippen molar-refractivity contribution in [1.29, 1.82) is 0 Å². The molecule has 0 fully saturated rings. The van der Waals surface area contributed by atoms with Crippen LogP contribution >= 0.6 is 0 Å². The minimum absolute atomic E-state index is 0.690. The van der Waals surface area contributed by atoms with Crippen LogP contribution in [-0.2, 0) is 0 Å². The molecule has 2 aromatic carbocycles. The second-order valence-corrected chi connectivity index (χ2v) is 5.19. The third-order valence-corrected chi connectivity index (χ3v) is 3.86. The van der Waals surface area contributed by atoms with Crippen molar-refractivity contribution >= 4 is 10.8 Å². The van der Waals surface area contributed by atoms with Gasteiger partial charge in [-0.05, 0) is 30.3 Å². The van der Waals surface area contributed by atoms with E-state index in [2.05, 4.69) is 0 Å². The molecule has 0 saturated heterocycles. The Labute approximate surface area is 135 Å². The van der Waals surface area contributed by atoms with Gasteiger partial charge in [0.15, 0.2) is 11.5 Å². The molecule has 0 aliphatic rings. The van der Waals surface area contributed by atoms with Crippen LogP contribution < -0.4 is 14.2 Å². The first-order valence-corrected chi connectivity index (χ1v) is 7.30. The Morgan fingerprint density at radius 3 is 2.04 bits per heavy atom. The lowest BCUT2D eigenvalue weighted by molar-refractivity contribution is 0.355. The van der Waals surface area contributed by atoms with Gasteiger partial charge in [-0.2, -0.15) is 0 Å². The molecule has 0 saturated carbocycles. The minimum Gasteiger partial charge on any atom is -0.497 e. The summed E-state index contributed by atoms with van der Waals surface area (Å²) >= 11 is 0. The van der Waals surface area contributed by atoms with E-state index in [0.29, 0.717) is 11.5 Å². The molecule has 4 nitrogen and oxygen atoms in total. The molecule has 0 N–H and O–H groups in total. The van der Waals surface area contributed by atoms with Crippen molar-refractivity contribution < 1.29 is 18.6 Å². The molecular formula is C19H19O4+. The van der Waals surface area contributed by atoms with Crippen molar-refractivity contribution in [3.63, 3.8) is 0 Å². The van der Waals surface area contributed by atoms with Crippen LogP contribution in [0.25, 0.3) is 22.1 Å². The van der Waals surface area contributed by atoms with E-state index >= 15 is 0 Å². The topological polar surface area (TPSA) is 39.0 Å². The summed E-state index contributed by atoms with van der Waals surface area (Å²) in [6, 6.07) is 13.7. The molecule has 1 aromatic heterocycles. The van der Waals surface area contributed by atoms with E-state index in [1.165, 1.54) is 0 Å². The predicted octanol–water partition coefficient (Wildman–Crippen LogP) is 4.72. The van der Waals surface area contributed by atoms with E-state index in [1.807, 2.05) is 49.4 Å². The van der Waals surface area contributed by atoms with Crippen molar-refractivity contribution in [2.24, 2.45) is 0 Å². The van der Waals surface area contributed by atoms with Crippen LogP contribution in [0.5, 0.6) is 17.2 Å². The molecule has 0 aliphatic carbocycles. The smallest absolute Gasteiger partial charge is 0.360 e. The average molecular weight is 311 g/mol. The molecule has 0 atom stereocenters. The molecule has 4 heteroatoms. The Bertz CT molecular complexity index is 838. The zero-order chi connectivity index (χ0) is 16.4. The summed E-state index contributed by atoms with van der Waals surface area (Å²) in [7, 11) is 4.91. The fraction of sp³-hybridized carbons (Fsp3) is 0.211. The monoisotopic (exact) mass is 311 g/mol. The summed E-state index contributed by atoms with van der Waals surface area (Å²) < 4.78 is 21.9. The highest BCUT2D eigenvalue weighted by Crippen LogP contribution is 2.36. The van der Waals surface area contributed by atoms with E-state index in [-0.39, 0.29) is 0 Å². The van der Waals surface area contributed by atoms with Crippen LogP contribution in [0.2, 0.25) is 0 Å². The highest BCUT2D eigenvalue weighted by molar-refractivity contribution is 5.89. The summed E-state index contributed by atoms with van der Waals surface area (Å²) in [5.41, 5.74) is 0.991. The Hall–Kier alpha value is -2.75. The molecular weight excluding hydrogens is 292 g/mol. The van der Waals surface area contributed by atoms with Gasteiger partial charge < -0.3 is 14.2 Å². The zero-order valence-electron chi connectivity index (χ0n) is 13.7. The lowest BCUT2D eigenvalue weighted by Gasteiger charge is -2.08. The van der Waals surface area contributed by atoms with Gasteiger partial charge in [0.05, 0.1) is 45.3 Å². The maximum absolute atomic E-state index is 5.99. The molecule has 0 spiro atoms. The highest BCUT2D eigenvalue weighted by atomic mass is 16.5. The van der Waals surface area contributed by atoms with Gasteiger partial charge in [0.25, 0.3) is 0 Å². The Morgan fingerprint density at radius 1 is 0.783 bits per heavy atom. The second kappa shape index (κ2) is 6.16. The number of benzene rings is 2. The first-order valence-electron chi connectivity index (χ1n) is 7.30. The van der Waals surface area contributed by atoms with Gasteiger partial charge in [-0.3, -0.25) is 0 Å². The molecule has 0 amide bonds. The van der Waals surface area contributed by atoms with Crippen LogP contribution in [-0.4, -0.2) is 21.3 Å². The van der Waals surface area contributed by atoms with Crippen molar-refractivity contribution in [3.8, 4) is 28.6 Å². The Kier molecular flexibility index (Phi) is 4.06. The van der Waals surface area contributed by atoms with E-state index < -0.39 is 0 Å². The maximum atomic E-state index is 5.99. The lowest BCUT2D eigenvalue weighted by atomic mass is 10.1. The molecule has 118 valence electrons. The van der Waals surface area contributed by atoms with E-state index in [4.69, 9.17) is 18.6 Å². The van der Waals surface area contributed by atoms with Gasteiger partial charge >= 0.3 is 11.5 Å². The fourth-order valence-corrected chi connectivity index (χ4v) is 2.61. The number of rotatable bonds is 4. The van der Waals surface area contributed by atoms with E-state index in [9.17, 15) is 0 Å². The van der Waals surface area contributed by atoms with Gasteiger partial charge in [0.2, 0.25) is 0 Å². The molecule has 3 rings (SSSR count). The average Bonchev–Trinajstić information content (AvgIpc) is 2.60. The number of methoxy groups -OCH3 is 3. The van der Waals surface area contributed by atoms with Gasteiger partial charge in [-0.1, -0.05) is 0 Å². The van der Waals surface area contributed by atoms with Crippen LogP contribution in [0.3, 0.4) is 0 Å².